The smallest absolute Gasteiger partial charge is 0.124 e. The van der Waals surface area contributed by atoms with Gasteiger partial charge in [0, 0.05) is 5.56 Å². The van der Waals surface area contributed by atoms with Crippen molar-refractivity contribution in [3.05, 3.63) is 35.1 Å². The fourth-order valence-corrected chi connectivity index (χ4v) is 1.04. The first-order valence-corrected chi connectivity index (χ1v) is 4.13. The normalized spacial score (nSPS) is 9.15. The monoisotopic (exact) mass is 177 g/mol. The largest absolute Gasteiger partial charge is 0.309 e. The van der Waals surface area contributed by atoms with E-state index in [0.29, 0.717) is 6.54 Å². The third kappa shape index (κ3) is 3.27. The van der Waals surface area contributed by atoms with Gasteiger partial charge in [-0.05, 0) is 37.7 Å². The van der Waals surface area contributed by atoms with Gasteiger partial charge in [0.15, 0.2) is 0 Å². The SMILES string of the molecule is CNCC#Cc1cc(C)cc(F)c1. The fraction of sp³-hybridized carbons (Fsp3) is 0.273. The van der Waals surface area contributed by atoms with E-state index in [0.717, 1.165) is 11.1 Å². The Labute approximate surface area is 78.0 Å². The molecule has 1 aromatic rings. The van der Waals surface area contributed by atoms with Gasteiger partial charge >= 0.3 is 0 Å². The standard InChI is InChI=1S/C11H12FN/c1-9-6-10(4-3-5-13-2)8-11(12)7-9/h6-8,13H,5H2,1-2H3. The number of aryl methyl sites for hydroxylation is 1. The van der Waals surface area contributed by atoms with Crippen LogP contribution < -0.4 is 5.32 Å². The van der Waals surface area contributed by atoms with Crippen molar-refractivity contribution in [2.75, 3.05) is 13.6 Å². The highest BCUT2D eigenvalue weighted by Crippen LogP contribution is 2.06. The second-order valence-electron chi connectivity index (χ2n) is 2.85. The average Bonchev–Trinajstić information content (AvgIpc) is 2.03. The molecule has 1 nitrogen and oxygen atoms in total. The molecule has 0 unspecified atom stereocenters. The zero-order valence-electron chi connectivity index (χ0n) is 7.82. The van der Waals surface area contributed by atoms with Crippen LogP contribution in [-0.4, -0.2) is 13.6 Å². The van der Waals surface area contributed by atoms with E-state index in [-0.39, 0.29) is 5.82 Å². The predicted molar refractivity (Wildman–Crippen MR) is 51.9 cm³/mol. The van der Waals surface area contributed by atoms with Crippen LogP contribution in [-0.2, 0) is 0 Å². The third-order valence-electron chi connectivity index (χ3n) is 1.54. The minimum absolute atomic E-state index is 0.228. The van der Waals surface area contributed by atoms with Gasteiger partial charge in [-0.3, -0.25) is 0 Å². The van der Waals surface area contributed by atoms with Crippen LogP contribution in [0.1, 0.15) is 11.1 Å². The summed E-state index contributed by atoms with van der Waals surface area (Å²) in [6.45, 7) is 2.47. The highest BCUT2D eigenvalue weighted by atomic mass is 19.1. The third-order valence-corrected chi connectivity index (χ3v) is 1.54. The van der Waals surface area contributed by atoms with Gasteiger partial charge in [0.05, 0.1) is 6.54 Å². The summed E-state index contributed by atoms with van der Waals surface area (Å²) in [6.07, 6.45) is 0. The van der Waals surface area contributed by atoms with Crippen molar-refractivity contribution in [2.24, 2.45) is 0 Å². The molecule has 0 saturated heterocycles. The summed E-state index contributed by atoms with van der Waals surface area (Å²) in [7, 11) is 1.82. The highest BCUT2D eigenvalue weighted by Gasteiger charge is 1.93. The minimum atomic E-state index is -0.228. The second kappa shape index (κ2) is 4.64. The fourth-order valence-electron chi connectivity index (χ4n) is 1.04. The van der Waals surface area contributed by atoms with Crippen molar-refractivity contribution in [2.45, 2.75) is 6.92 Å². The van der Waals surface area contributed by atoms with Crippen LogP contribution in [0.3, 0.4) is 0 Å². The first-order valence-electron chi connectivity index (χ1n) is 4.13. The zero-order chi connectivity index (χ0) is 9.68. The van der Waals surface area contributed by atoms with Crippen molar-refractivity contribution >= 4 is 0 Å². The summed E-state index contributed by atoms with van der Waals surface area (Å²) in [6, 6.07) is 4.80. The van der Waals surface area contributed by atoms with E-state index in [4.69, 9.17) is 0 Å². The molecular weight excluding hydrogens is 165 g/mol. The average molecular weight is 177 g/mol. The van der Waals surface area contributed by atoms with Crippen molar-refractivity contribution in [1.29, 1.82) is 0 Å². The van der Waals surface area contributed by atoms with Crippen molar-refractivity contribution in [3.8, 4) is 11.8 Å². The summed E-state index contributed by atoms with van der Waals surface area (Å²) in [5.41, 5.74) is 1.63. The van der Waals surface area contributed by atoms with E-state index >= 15 is 0 Å². The molecule has 0 heterocycles. The van der Waals surface area contributed by atoms with Gasteiger partial charge in [0.2, 0.25) is 0 Å². The van der Waals surface area contributed by atoms with Crippen LogP contribution >= 0.6 is 0 Å². The molecule has 0 aliphatic heterocycles. The van der Waals surface area contributed by atoms with E-state index in [1.807, 2.05) is 20.0 Å². The Hall–Kier alpha value is -1.33. The topological polar surface area (TPSA) is 12.0 Å². The van der Waals surface area contributed by atoms with Crippen molar-refractivity contribution in [3.63, 3.8) is 0 Å². The summed E-state index contributed by atoms with van der Waals surface area (Å²) < 4.78 is 12.9. The van der Waals surface area contributed by atoms with E-state index in [1.165, 1.54) is 12.1 Å². The van der Waals surface area contributed by atoms with Gasteiger partial charge in [-0.2, -0.15) is 0 Å². The Balaban J connectivity index is 2.85. The number of hydrogen-bond acceptors (Lipinski definition) is 1. The maximum absolute atomic E-state index is 12.9. The second-order valence-corrected chi connectivity index (χ2v) is 2.85. The first-order chi connectivity index (χ1) is 6.22. The molecule has 0 spiro atoms. The van der Waals surface area contributed by atoms with Gasteiger partial charge in [-0.1, -0.05) is 11.8 Å². The molecule has 0 bridgehead atoms. The Kier molecular flexibility index (Phi) is 3.48. The van der Waals surface area contributed by atoms with E-state index in [2.05, 4.69) is 17.2 Å². The van der Waals surface area contributed by atoms with E-state index in [1.54, 1.807) is 0 Å². The summed E-state index contributed by atoms with van der Waals surface area (Å²) >= 11 is 0. The molecule has 0 radical (unpaired) electrons. The van der Waals surface area contributed by atoms with Gasteiger partial charge < -0.3 is 5.32 Å². The van der Waals surface area contributed by atoms with Crippen LogP contribution in [0.5, 0.6) is 0 Å². The molecule has 1 rings (SSSR count). The number of nitrogens with one attached hydrogen (secondary N) is 1. The quantitative estimate of drug-likeness (QED) is 0.644. The number of rotatable bonds is 1. The molecule has 0 aliphatic rings. The Morgan fingerprint density at radius 1 is 1.38 bits per heavy atom. The Morgan fingerprint density at radius 3 is 2.77 bits per heavy atom. The van der Waals surface area contributed by atoms with Gasteiger partial charge in [0.25, 0.3) is 0 Å². The molecule has 2 heteroatoms. The summed E-state index contributed by atoms with van der Waals surface area (Å²) in [5, 5.41) is 2.90. The van der Waals surface area contributed by atoms with E-state index < -0.39 is 0 Å². The molecule has 0 atom stereocenters. The lowest BCUT2D eigenvalue weighted by Crippen LogP contribution is -2.04. The van der Waals surface area contributed by atoms with Crippen molar-refractivity contribution < 1.29 is 4.39 Å². The lowest BCUT2D eigenvalue weighted by Gasteiger charge is -1.94. The molecule has 13 heavy (non-hydrogen) atoms. The molecule has 1 N–H and O–H groups in total. The molecule has 68 valence electrons. The molecule has 0 amide bonds. The molecule has 0 fully saturated rings. The number of halogens is 1. The lowest BCUT2D eigenvalue weighted by molar-refractivity contribution is 0.626. The maximum Gasteiger partial charge on any atom is 0.124 e. The zero-order valence-corrected chi connectivity index (χ0v) is 7.82. The number of hydrogen-bond donors (Lipinski definition) is 1. The number of benzene rings is 1. The van der Waals surface area contributed by atoms with Gasteiger partial charge in [-0.15, -0.1) is 0 Å². The Bertz CT molecular complexity index is 327. The maximum atomic E-state index is 12.9. The molecule has 0 aromatic heterocycles. The molecular formula is C11H12FN. The van der Waals surface area contributed by atoms with Crippen LogP contribution in [0.4, 0.5) is 4.39 Å². The summed E-state index contributed by atoms with van der Waals surface area (Å²) in [4.78, 5) is 0. The Morgan fingerprint density at radius 2 is 2.15 bits per heavy atom. The van der Waals surface area contributed by atoms with Crippen LogP contribution in [0.2, 0.25) is 0 Å². The molecule has 0 aliphatic carbocycles. The predicted octanol–water partition coefficient (Wildman–Crippen LogP) is 1.71. The first kappa shape index (κ1) is 9.76. The lowest BCUT2D eigenvalue weighted by atomic mass is 10.1. The summed E-state index contributed by atoms with van der Waals surface area (Å²) in [5.74, 6) is 5.52. The minimum Gasteiger partial charge on any atom is -0.309 e. The van der Waals surface area contributed by atoms with E-state index in [9.17, 15) is 4.39 Å². The van der Waals surface area contributed by atoms with Gasteiger partial charge in [0.1, 0.15) is 5.82 Å². The highest BCUT2D eigenvalue weighted by molar-refractivity contribution is 5.37. The molecule has 1 aromatic carbocycles. The van der Waals surface area contributed by atoms with Crippen molar-refractivity contribution in [1.82, 2.24) is 5.32 Å². The van der Waals surface area contributed by atoms with Crippen LogP contribution in [0.25, 0.3) is 0 Å². The van der Waals surface area contributed by atoms with Gasteiger partial charge in [-0.25, -0.2) is 4.39 Å². The molecule has 0 saturated carbocycles. The van der Waals surface area contributed by atoms with Crippen LogP contribution in [0, 0.1) is 24.6 Å². The van der Waals surface area contributed by atoms with Crippen LogP contribution in [0.15, 0.2) is 18.2 Å².